The Balaban J connectivity index is 2.62. The molecule has 4 heteroatoms. The molecule has 0 aliphatic heterocycles. The van der Waals surface area contributed by atoms with Crippen molar-refractivity contribution in [3.05, 3.63) is 25.3 Å². The van der Waals surface area contributed by atoms with E-state index in [-0.39, 0.29) is 0 Å². The summed E-state index contributed by atoms with van der Waals surface area (Å²) in [5, 5.41) is 3.38. The number of hydrogen-bond donors (Lipinski definition) is 1. The largest absolute Gasteiger partial charge is 0.311 e. The second kappa shape index (κ2) is 6.04. The lowest BCUT2D eigenvalue weighted by Gasteiger charge is -2.07. The summed E-state index contributed by atoms with van der Waals surface area (Å²) in [5.41, 5.74) is 1.31. The van der Waals surface area contributed by atoms with Gasteiger partial charge < -0.3 is 5.32 Å². The van der Waals surface area contributed by atoms with Crippen LogP contribution in [0.4, 0.5) is 0 Å². The van der Waals surface area contributed by atoms with Crippen molar-refractivity contribution in [2.45, 2.75) is 26.8 Å². The summed E-state index contributed by atoms with van der Waals surface area (Å²) in [5.74, 6) is 0. The van der Waals surface area contributed by atoms with Gasteiger partial charge in [0.1, 0.15) is 4.34 Å². The van der Waals surface area contributed by atoms with Crippen LogP contribution >= 0.6 is 38.9 Å². The van der Waals surface area contributed by atoms with Crippen LogP contribution in [0.15, 0.2) is 16.1 Å². The first-order valence-electron chi connectivity index (χ1n) is 4.84. The predicted molar refractivity (Wildman–Crippen MR) is 73.8 cm³/mol. The number of thiophene rings is 1. The van der Waals surface area contributed by atoms with Crippen LogP contribution in [-0.2, 0) is 0 Å². The second-order valence-electron chi connectivity index (χ2n) is 3.80. The van der Waals surface area contributed by atoms with E-state index >= 15 is 0 Å². The Morgan fingerprint density at radius 2 is 2.33 bits per heavy atom. The lowest BCUT2D eigenvalue weighted by atomic mass is 10.2. The number of nitrogens with one attached hydrogen (secondary N) is 1. The fourth-order valence-electron chi connectivity index (χ4n) is 1.09. The van der Waals surface area contributed by atoms with E-state index < -0.39 is 0 Å². The molecular weight excluding hydrogens is 294 g/mol. The Bertz CT molecular complexity index is 338. The van der Waals surface area contributed by atoms with Gasteiger partial charge in [-0.25, -0.2) is 0 Å². The molecule has 0 unspecified atom stereocenters. The molecule has 0 aliphatic rings. The van der Waals surface area contributed by atoms with Crippen LogP contribution in [0.25, 0.3) is 6.08 Å². The van der Waals surface area contributed by atoms with Gasteiger partial charge in [0.05, 0.1) is 0 Å². The first-order chi connectivity index (χ1) is 6.99. The van der Waals surface area contributed by atoms with Crippen LogP contribution < -0.4 is 5.32 Å². The fraction of sp³-hybridized carbons (Fsp3) is 0.455. The molecule has 0 fully saturated rings. The molecule has 1 heterocycles. The summed E-state index contributed by atoms with van der Waals surface area (Å²) in [4.78, 5) is 1.19. The molecule has 0 amide bonds. The van der Waals surface area contributed by atoms with Gasteiger partial charge in [-0.05, 0) is 35.0 Å². The standard InChI is InChI=1S/C11H15BrClNS/c1-7(2)14-6-8(3)4-9-5-10(12)11(13)15-9/h4-5,7,14H,6H2,1-3H3. The summed E-state index contributed by atoms with van der Waals surface area (Å²) < 4.78 is 1.79. The molecule has 0 saturated heterocycles. The quantitative estimate of drug-likeness (QED) is 0.859. The average molecular weight is 309 g/mol. The molecule has 0 aromatic carbocycles. The lowest BCUT2D eigenvalue weighted by Crippen LogP contribution is -2.24. The number of hydrogen-bond acceptors (Lipinski definition) is 2. The van der Waals surface area contributed by atoms with Gasteiger partial charge in [-0.3, -0.25) is 0 Å². The van der Waals surface area contributed by atoms with Crippen LogP contribution in [-0.4, -0.2) is 12.6 Å². The topological polar surface area (TPSA) is 12.0 Å². The van der Waals surface area contributed by atoms with Gasteiger partial charge in [0.15, 0.2) is 0 Å². The molecule has 1 nitrogen and oxygen atoms in total. The Kier molecular flexibility index (Phi) is 5.33. The number of halogens is 2. The third kappa shape index (κ3) is 4.68. The highest BCUT2D eigenvalue weighted by molar-refractivity contribution is 9.10. The zero-order valence-corrected chi connectivity index (χ0v) is 12.3. The van der Waals surface area contributed by atoms with Crippen molar-refractivity contribution in [1.82, 2.24) is 5.32 Å². The lowest BCUT2D eigenvalue weighted by molar-refractivity contribution is 0.623. The minimum atomic E-state index is 0.520. The van der Waals surface area contributed by atoms with E-state index in [4.69, 9.17) is 11.6 Å². The summed E-state index contributed by atoms with van der Waals surface area (Å²) in [7, 11) is 0. The van der Waals surface area contributed by atoms with Crippen LogP contribution in [0.2, 0.25) is 4.34 Å². The van der Waals surface area contributed by atoms with Crippen molar-refractivity contribution in [3.63, 3.8) is 0 Å². The molecule has 0 bridgehead atoms. The Labute approximate surface area is 109 Å². The van der Waals surface area contributed by atoms with Crippen LogP contribution in [0.1, 0.15) is 25.6 Å². The normalized spacial score (nSPS) is 12.5. The molecule has 1 rings (SSSR count). The van der Waals surface area contributed by atoms with Crippen LogP contribution in [0.3, 0.4) is 0 Å². The molecule has 0 saturated carbocycles. The molecule has 1 aromatic heterocycles. The zero-order chi connectivity index (χ0) is 11.4. The molecule has 0 spiro atoms. The van der Waals surface area contributed by atoms with Gasteiger partial charge in [-0.15, -0.1) is 11.3 Å². The van der Waals surface area contributed by atoms with E-state index in [1.165, 1.54) is 10.5 Å². The third-order valence-corrected chi connectivity index (χ3v) is 4.26. The highest BCUT2D eigenvalue weighted by Gasteiger charge is 2.02. The van der Waals surface area contributed by atoms with E-state index in [2.05, 4.69) is 48.1 Å². The monoisotopic (exact) mass is 307 g/mol. The van der Waals surface area contributed by atoms with E-state index in [1.807, 2.05) is 6.07 Å². The van der Waals surface area contributed by atoms with Gasteiger partial charge in [0, 0.05) is 21.9 Å². The molecule has 84 valence electrons. The van der Waals surface area contributed by atoms with Gasteiger partial charge in [0.2, 0.25) is 0 Å². The minimum absolute atomic E-state index is 0.520. The highest BCUT2D eigenvalue weighted by atomic mass is 79.9. The Hall–Kier alpha value is 0.170. The van der Waals surface area contributed by atoms with E-state index in [0.717, 1.165) is 15.4 Å². The van der Waals surface area contributed by atoms with Crippen molar-refractivity contribution < 1.29 is 0 Å². The predicted octanol–water partition coefficient (Wildman–Crippen LogP) is 4.57. The summed E-state index contributed by atoms with van der Waals surface area (Å²) >= 11 is 11.0. The molecule has 0 atom stereocenters. The zero-order valence-electron chi connectivity index (χ0n) is 9.10. The van der Waals surface area contributed by atoms with Crippen molar-refractivity contribution in [3.8, 4) is 0 Å². The first kappa shape index (κ1) is 13.2. The van der Waals surface area contributed by atoms with Crippen molar-refractivity contribution >= 4 is 44.9 Å². The Morgan fingerprint density at radius 3 is 2.80 bits per heavy atom. The van der Waals surface area contributed by atoms with Crippen LogP contribution in [0.5, 0.6) is 0 Å². The molecule has 0 radical (unpaired) electrons. The van der Waals surface area contributed by atoms with E-state index in [0.29, 0.717) is 6.04 Å². The maximum absolute atomic E-state index is 5.97. The third-order valence-electron chi connectivity index (χ3n) is 1.84. The second-order valence-corrected chi connectivity index (χ2v) is 6.34. The average Bonchev–Trinajstić information content (AvgIpc) is 2.42. The Morgan fingerprint density at radius 1 is 1.67 bits per heavy atom. The maximum Gasteiger partial charge on any atom is 0.108 e. The fourth-order valence-corrected chi connectivity index (χ4v) is 2.86. The van der Waals surface area contributed by atoms with Crippen molar-refractivity contribution in [2.24, 2.45) is 0 Å². The molecule has 1 N–H and O–H groups in total. The van der Waals surface area contributed by atoms with Crippen molar-refractivity contribution in [1.29, 1.82) is 0 Å². The minimum Gasteiger partial charge on any atom is -0.311 e. The van der Waals surface area contributed by atoms with Gasteiger partial charge in [0.25, 0.3) is 0 Å². The van der Waals surface area contributed by atoms with Crippen LogP contribution in [0, 0.1) is 0 Å². The van der Waals surface area contributed by atoms with E-state index in [9.17, 15) is 0 Å². The van der Waals surface area contributed by atoms with Gasteiger partial charge >= 0.3 is 0 Å². The highest BCUT2D eigenvalue weighted by Crippen LogP contribution is 2.32. The molecule has 1 aromatic rings. The van der Waals surface area contributed by atoms with Gasteiger partial charge in [-0.1, -0.05) is 31.0 Å². The van der Waals surface area contributed by atoms with Crippen molar-refractivity contribution in [2.75, 3.05) is 6.54 Å². The molecule has 0 aliphatic carbocycles. The molecule has 15 heavy (non-hydrogen) atoms. The molecular formula is C11H15BrClNS. The van der Waals surface area contributed by atoms with Gasteiger partial charge in [-0.2, -0.15) is 0 Å². The SMILES string of the molecule is CC(=Cc1cc(Br)c(Cl)s1)CNC(C)C. The van der Waals surface area contributed by atoms with E-state index in [1.54, 1.807) is 11.3 Å². The maximum atomic E-state index is 5.97. The smallest absolute Gasteiger partial charge is 0.108 e. The summed E-state index contributed by atoms with van der Waals surface area (Å²) in [6.07, 6.45) is 2.16. The first-order valence-corrected chi connectivity index (χ1v) is 6.83. The number of rotatable bonds is 4. The summed E-state index contributed by atoms with van der Waals surface area (Å²) in [6.45, 7) is 7.33. The summed E-state index contributed by atoms with van der Waals surface area (Å²) in [6, 6.07) is 2.57.